The number of aromatic nitrogens is 1. The van der Waals surface area contributed by atoms with Gasteiger partial charge in [-0.2, -0.15) is 0 Å². The molecule has 6 heteroatoms. The van der Waals surface area contributed by atoms with Gasteiger partial charge in [-0.25, -0.2) is 0 Å². The summed E-state index contributed by atoms with van der Waals surface area (Å²) >= 11 is 0. The number of carbonyl (C=O) groups excluding carboxylic acids is 1. The standard InChI is InChI=1S/C28H22NO2.C15H28O2.Ir/c1-16-15-30-27-19(16)9-10-22-25(27)24-23(31-22)11-12-29-26(24)18-13-17-7-5-6-8-20(17)21(14-18)28(2,3)4;1-7-14(5,8-2)12(16)11-13(17)15(6,9-3)10-4;/h5-12,14-15H,1-4H3;11,16H,7-10H2,1-6H3;/q-1;;/b;12-11-;. The molecule has 0 aliphatic carbocycles. The first-order valence-corrected chi connectivity index (χ1v) is 17.3. The molecule has 3 heterocycles. The van der Waals surface area contributed by atoms with Gasteiger partial charge in [-0.3, -0.25) is 9.78 Å². The fraction of sp³-hybridized carbons (Fsp3) is 0.395. The van der Waals surface area contributed by atoms with Crippen LogP contribution in [0.4, 0.5) is 0 Å². The first-order chi connectivity index (χ1) is 22.7. The SMILES string of the molecule is CCC(C)(CC)C(=O)/C=C(\O)C(C)(CC)CC.Cc1coc2c1ccc1oc3ccnc(-c4[c-]c5ccccc5c(C(C)(C)C)c4)c3c12.[Ir]. The molecule has 0 saturated heterocycles. The first kappa shape index (κ1) is 38.1. The Balaban J connectivity index is 0.000000260. The second-order valence-corrected chi connectivity index (χ2v) is 14.7. The second kappa shape index (κ2) is 14.6. The number of benzene rings is 3. The van der Waals surface area contributed by atoms with E-state index in [0.717, 1.165) is 80.8 Å². The summed E-state index contributed by atoms with van der Waals surface area (Å²) in [7, 11) is 0. The van der Waals surface area contributed by atoms with Gasteiger partial charge >= 0.3 is 0 Å². The molecule has 0 aliphatic rings. The van der Waals surface area contributed by atoms with Gasteiger partial charge in [0, 0.05) is 59.7 Å². The molecule has 0 unspecified atom stereocenters. The van der Waals surface area contributed by atoms with E-state index in [1.54, 1.807) is 6.26 Å². The van der Waals surface area contributed by atoms with Crippen molar-refractivity contribution in [3.05, 3.63) is 90.0 Å². The van der Waals surface area contributed by atoms with Gasteiger partial charge in [-0.05, 0) is 61.8 Å². The van der Waals surface area contributed by atoms with Crippen LogP contribution in [0, 0.1) is 23.8 Å². The summed E-state index contributed by atoms with van der Waals surface area (Å²) in [5.74, 6) is 0.286. The molecular formula is C43H50IrNO4-. The molecule has 0 spiro atoms. The number of allylic oxidation sites excluding steroid dienone is 2. The van der Waals surface area contributed by atoms with Gasteiger partial charge in [0.2, 0.25) is 0 Å². The zero-order chi connectivity index (χ0) is 35.0. The minimum absolute atomic E-state index is 0. The maximum absolute atomic E-state index is 12.2. The minimum Gasteiger partial charge on any atom is -0.512 e. The molecule has 1 N–H and O–H groups in total. The van der Waals surface area contributed by atoms with Crippen LogP contribution in [0.25, 0.3) is 54.9 Å². The number of hydrogen-bond donors (Lipinski definition) is 1. The summed E-state index contributed by atoms with van der Waals surface area (Å²) in [6.45, 7) is 20.9. The van der Waals surface area contributed by atoms with Crippen molar-refractivity contribution in [1.82, 2.24) is 4.98 Å². The van der Waals surface area contributed by atoms with E-state index in [0.29, 0.717) is 0 Å². The van der Waals surface area contributed by atoms with Gasteiger partial charge in [0.1, 0.15) is 22.5 Å². The topological polar surface area (TPSA) is 76.5 Å². The molecular weight excluding hydrogens is 787 g/mol. The Bertz CT molecular complexity index is 2130. The average Bonchev–Trinajstić information content (AvgIpc) is 3.66. The van der Waals surface area contributed by atoms with Crippen LogP contribution in [-0.4, -0.2) is 15.9 Å². The van der Waals surface area contributed by atoms with E-state index in [4.69, 9.17) is 13.8 Å². The van der Waals surface area contributed by atoms with Crippen LogP contribution in [0.5, 0.6) is 0 Å². The fourth-order valence-electron chi connectivity index (χ4n) is 6.29. The number of aliphatic hydroxyl groups excluding tert-OH is 1. The van der Waals surface area contributed by atoms with Crippen LogP contribution in [0.15, 0.2) is 81.7 Å². The maximum Gasteiger partial charge on any atom is 0.164 e. The molecule has 3 aromatic carbocycles. The second-order valence-electron chi connectivity index (χ2n) is 14.7. The molecule has 261 valence electrons. The third-order valence-electron chi connectivity index (χ3n) is 10.7. The van der Waals surface area contributed by atoms with Gasteiger partial charge < -0.3 is 13.9 Å². The fourth-order valence-corrected chi connectivity index (χ4v) is 6.29. The van der Waals surface area contributed by atoms with Crippen LogP contribution >= 0.6 is 0 Å². The normalized spacial score (nSPS) is 12.7. The summed E-state index contributed by atoms with van der Waals surface area (Å²) < 4.78 is 12.2. The third-order valence-corrected chi connectivity index (χ3v) is 10.7. The number of nitrogens with zero attached hydrogens (tertiary/aromatic N) is 1. The molecule has 3 aromatic heterocycles. The van der Waals surface area contributed by atoms with Gasteiger partial charge in [-0.15, -0.1) is 29.1 Å². The maximum atomic E-state index is 12.2. The summed E-state index contributed by atoms with van der Waals surface area (Å²) in [5, 5.41) is 15.5. The Hall–Kier alpha value is -3.73. The number of rotatable bonds is 8. The molecule has 0 fully saturated rings. The van der Waals surface area contributed by atoms with Crippen molar-refractivity contribution in [1.29, 1.82) is 0 Å². The Morgan fingerprint density at radius 1 is 0.857 bits per heavy atom. The number of ketones is 1. The predicted octanol–water partition coefficient (Wildman–Crippen LogP) is 12.6. The van der Waals surface area contributed by atoms with Gasteiger partial charge in [0.15, 0.2) is 5.78 Å². The Labute approximate surface area is 304 Å². The van der Waals surface area contributed by atoms with E-state index >= 15 is 0 Å². The van der Waals surface area contributed by atoms with Crippen molar-refractivity contribution in [3.63, 3.8) is 0 Å². The zero-order valence-corrected chi connectivity index (χ0v) is 33.0. The van der Waals surface area contributed by atoms with Crippen molar-refractivity contribution >= 4 is 49.5 Å². The first-order valence-electron chi connectivity index (χ1n) is 17.3. The monoisotopic (exact) mass is 837 g/mol. The predicted molar refractivity (Wildman–Crippen MR) is 200 cm³/mol. The van der Waals surface area contributed by atoms with E-state index in [9.17, 15) is 9.90 Å². The van der Waals surface area contributed by atoms with Crippen LogP contribution in [0.2, 0.25) is 0 Å². The number of aryl methyl sites for hydroxylation is 1. The summed E-state index contributed by atoms with van der Waals surface area (Å²) in [5.41, 5.74) is 6.08. The molecule has 6 rings (SSSR count). The molecule has 0 aliphatic heterocycles. The molecule has 0 amide bonds. The van der Waals surface area contributed by atoms with E-state index in [-0.39, 0.29) is 47.9 Å². The smallest absolute Gasteiger partial charge is 0.164 e. The quantitative estimate of drug-likeness (QED) is 0.0939. The number of carbonyl (C=O) groups is 1. The molecule has 5 nitrogen and oxygen atoms in total. The largest absolute Gasteiger partial charge is 0.512 e. The van der Waals surface area contributed by atoms with Crippen molar-refractivity contribution in [2.24, 2.45) is 10.8 Å². The molecule has 49 heavy (non-hydrogen) atoms. The van der Waals surface area contributed by atoms with Crippen LogP contribution in [0.3, 0.4) is 0 Å². The minimum atomic E-state index is -0.337. The average molecular weight is 837 g/mol. The van der Waals surface area contributed by atoms with Crippen molar-refractivity contribution in [2.75, 3.05) is 0 Å². The Morgan fingerprint density at radius 2 is 1.49 bits per heavy atom. The van der Waals surface area contributed by atoms with Gasteiger partial charge in [0.05, 0.1) is 11.6 Å². The molecule has 0 saturated carbocycles. The third kappa shape index (κ3) is 7.14. The number of aliphatic hydroxyl groups is 1. The van der Waals surface area contributed by atoms with Crippen molar-refractivity contribution in [3.8, 4) is 11.3 Å². The molecule has 6 aromatic rings. The number of pyridine rings is 1. The van der Waals surface area contributed by atoms with Crippen LogP contribution < -0.4 is 0 Å². The van der Waals surface area contributed by atoms with Gasteiger partial charge in [0.25, 0.3) is 0 Å². The van der Waals surface area contributed by atoms with Crippen LogP contribution in [0.1, 0.15) is 99.1 Å². The van der Waals surface area contributed by atoms with Crippen LogP contribution in [-0.2, 0) is 30.3 Å². The molecule has 0 atom stereocenters. The Kier molecular flexibility index (Phi) is 11.4. The van der Waals surface area contributed by atoms with Crippen molar-refractivity contribution in [2.45, 2.75) is 100 Å². The number of fused-ring (bicyclic) bond motifs is 6. The van der Waals surface area contributed by atoms with E-state index < -0.39 is 0 Å². The number of hydrogen-bond acceptors (Lipinski definition) is 5. The zero-order valence-electron chi connectivity index (χ0n) is 30.6. The molecule has 0 bridgehead atoms. The van der Waals surface area contributed by atoms with E-state index in [1.807, 2.05) is 59.9 Å². The summed E-state index contributed by atoms with van der Waals surface area (Å²) in [4.78, 5) is 17.0. The molecule has 1 radical (unpaired) electrons. The van der Waals surface area contributed by atoms with E-state index in [1.165, 1.54) is 17.0 Å². The van der Waals surface area contributed by atoms with Gasteiger partial charge in [-0.1, -0.05) is 91.5 Å². The Morgan fingerprint density at radius 3 is 2.12 bits per heavy atom. The van der Waals surface area contributed by atoms with E-state index in [2.05, 4.69) is 70.2 Å². The van der Waals surface area contributed by atoms with Crippen molar-refractivity contribution < 1.29 is 38.8 Å². The summed E-state index contributed by atoms with van der Waals surface area (Å²) in [6.07, 6.45) is 8.37. The summed E-state index contributed by atoms with van der Waals surface area (Å²) in [6, 6.07) is 20.3. The number of furan rings is 2.